The van der Waals surface area contributed by atoms with Crippen LogP contribution >= 0.6 is 0 Å². The molecule has 0 atom stereocenters. The van der Waals surface area contributed by atoms with Crippen molar-refractivity contribution in [3.63, 3.8) is 0 Å². The maximum Gasteiger partial charge on any atom is 0.305 e. The largest absolute Gasteiger partial charge is 0.469 e. The average Bonchev–Trinajstić information content (AvgIpc) is 2.54. The molecule has 1 fully saturated rings. The number of anilines is 1. The first-order valence-corrected chi connectivity index (χ1v) is 8.82. The lowest BCUT2D eigenvalue weighted by atomic mass is 9.87. The molecule has 0 unspecified atom stereocenters. The molecular weight excluding hydrogens is 286 g/mol. The lowest BCUT2D eigenvalue weighted by molar-refractivity contribution is -0.140. The minimum Gasteiger partial charge on any atom is -0.469 e. The summed E-state index contributed by atoms with van der Waals surface area (Å²) in [5.74, 6) is 0.672. The summed E-state index contributed by atoms with van der Waals surface area (Å²) in [6.07, 6.45) is 5.11. The molecule has 128 valence electrons. The van der Waals surface area contributed by atoms with Gasteiger partial charge >= 0.3 is 5.97 Å². The van der Waals surface area contributed by atoms with E-state index in [0.29, 0.717) is 6.42 Å². The monoisotopic (exact) mass is 317 g/mol. The number of rotatable bonds is 5. The van der Waals surface area contributed by atoms with Crippen molar-refractivity contribution >= 4 is 11.7 Å². The van der Waals surface area contributed by atoms with Crippen LogP contribution in [-0.4, -0.2) is 26.2 Å². The van der Waals surface area contributed by atoms with E-state index in [4.69, 9.17) is 4.74 Å². The van der Waals surface area contributed by atoms with Crippen LogP contribution in [0.5, 0.6) is 0 Å². The second kappa shape index (κ2) is 7.85. The molecule has 0 radical (unpaired) electrons. The molecule has 1 aliphatic rings. The summed E-state index contributed by atoms with van der Waals surface area (Å²) in [5, 5.41) is 0. The summed E-state index contributed by atoms with van der Waals surface area (Å²) >= 11 is 0. The summed E-state index contributed by atoms with van der Waals surface area (Å²) < 4.78 is 4.70. The van der Waals surface area contributed by atoms with Gasteiger partial charge in [-0.05, 0) is 54.7 Å². The Morgan fingerprint density at radius 3 is 2.30 bits per heavy atom. The van der Waals surface area contributed by atoms with E-state index in [9.17, 15) is 4.79 Å². The van der Waals surface area contributed by atoms with Crippen LogP contribution in [0.4, 0.5) is 5.69 Å². The van der Waals surface area contributed by atoms with E-state index in [1.165, 1.54) is 31.2 Å². The maximum absolute atomic E-state index is 11.2. The van der Waals surface area contributed by atoms with Gasteiger partial charge in [-0.15, -0.1) is 0 Å². The van der Waals surface area contributed by atoms with Crippen molar-refractivity contribution in [1.29, 1.82) is 0 Å². The van der Waals surface area contributed by atoms with Crippen LogP contribution < -0.4 is 4.90 Å². The van der Waals surface area contributed by atoms with Crippen molar-refractivity contribution in [2.24, 2.45) is 5.92 Å². The molecule has 3 nitrogen and oxygen atoms in total. The Morgan fingerprint density at radius 2 is 1.78 bits per heavy atom. The highest BCUT2D eigenvalue weighted by atomic mass is 16.5. The molecule has 0 aromatic heterocycles. The molecule has 1 saturated heterocycles. The number of esters is 1. The van der Waals surface area contributed by atoms with Gasteiger partial charge in [0.25, 0.3) is 0 Å². The first-order valence-electron chi connectivity index (χ1n) is 8.82. The predicted molar refractivity (Wildman–Crippen MR) is 95.9 cm³/mol. The fourth-order valence-corrected chi connectivity index (χ4v) is 3.29. The van der Waals surface area contributed by atoms with Crippen molar-refractivity contribution in [2.45, 2.75) is 58.3 Å². The Labute approximate surface area is 141 Å². The fraction of sp³-hybridized carbons (Fsp3) is 0.650. The van der Waals surface area contributed by atoms with Crippen molar-refractivity contribution in [1.82, 2.24) is 0 Å². The first-order chi connectivity index (χ1) is 10.9. The number of carbonyl (C=O) groups is 1. The van der Waals surface area contributed by atoms with Gasteiger partial charge in [-0.2, -0.15) is 0 Å². The molecule has 1 aliphatic heterocycles. The lowest BCUT2D eigenvalue weighted by Gasteiger charge is -2.34. The number of benzene rings is 1. The molecule has 1 aromatic rings. The SMILES string of the molecule is COC(=O)CCCC1CCN(c2ccc(C(C)(C)C)cc2)CC1. The Morgan fingerprint density at radius 1 is 1.17 bits per heavy atom. The zero-order chi connectivity index (χ0) is 16.9. The second-order valence-corrected chi connectivity index (χ2v) is 7.70. The van der Waals surface area contributed by atoms with Gasteiger partial charge in [0.05, 0.1) is 7.11 Å². The molecule has 0 saturated carbocycles. The van der Waals surface area contributed by atoms with E-state index < -0.39 is 0 Å². The van der Waals surface area contributed by atoms with Crippen molar-refractivity contribution < 1.29 is 9.53 Å². The van der Waals surface area contributed by atoms with Crippen molar-refractivity contribution in [3.8, 4) is 0 Å². The third kappa shape index (κ3) is 5.26. The smallest absolute Gasteiger partial charge is 0.305 e. The third-order valence-corrected chi connectivity index (χ3v) is 4.93. The van der Waals surface area contributed by atoms with Gasteiger partial charge < -0.3 is 9.64 Å². The number of nitrogens with zero attached hydrogens (tertiary/aromatic N) is 1. The highest BCUT2D eigenvalue weighted by Crippen LogP contribution is 2.29. The van der Waals surface area contributed by atoms with Gasteiger partial charge in [-0.1, -0.05) is 32.9 Å². The van der Waals surface area contributed by atoms with E-state index in [1.807, 2.05) is 0 Å². The van der Waals surface area contributed by atoms with Gasteiger partial charge in [0.15, 0.2) is 0 Å². The van der Waals surface area contributed by atoms with Gasteiger partial charge in [-0.25, -0.2) is 0 Å². The van der Waals surface area contributed by atoms with E-state index in [1.54, 1.807) is 0 Å². The molecule has 0 amide bonds. The minimum absolute atomic E-state index is 0.0821. The normalized spacial score (nSPS) is 16.4. The number of methoxy groups -OCH3 is 1. The Kier molecular flexibility index (Phi) is 6.09. The predicted octanol–water partition coefficient (Wildman–Crippen LogP) is 4.54. The van der Waals surface area contributed by atoms with Gasteiger partial charge in [0, 0.05) is 25.2 Å². The highest BCUT2D eigenvalue weighted by Gasteiger charge is 2.20. The molecule has 0 bridgehead atoms. The quantitative estimate of drug-likeness (QED) is 0.747. The molecule has 0 aliphatic carbocycles. The topological polar surface area (TPSA) is 29.5 Å². The standard InChI is InChI=1S/C20H31NO2/c1-20(2,3)17-8-10-18(11-9-17)21-14-12-16(13-15-21)6-5-7-19(22)23-4/h8-11,16H,5-7,12-15H2,1-4H3. The van der Waals surface area contributed by atoms with Crippen LogP contribution in [0.1, 0.15) is 58.4 Å². The number of ether oxygens (including phenoxy) is 1. The van der Waals surface area contributed by atoms with Crippen LogP contribution in [0, 0.1) is 5.92 Å². The summed E-state index contributed by atoms with van der Waals surface area (Å²) in [4.78, 5) is 13.6. The molecular formula is C20H31NO2. The number of piperidine rings is 1. The van der Waals surface area contributed by atoms with Crippen molar-refractivity contribution in [2.75, 3.05) is 25.1 Å². The molecule has 0 spiro atoms. The minimum atomic E-state index is -0.0821. The summed E-state index contributed by atoms with van der Waals surface area (Å²) in [6.45, 7) is 9.00. The van der Waals surface area contributed by atoms with Gasteiger partial charge in [0.2, 0.25) is 0 Å². The maximum atomic E-state index is 11.2. The molecule has 1 heterocycles. The Hall–Kier alpha value is -1.51. The zero-order valence-corrected chi connectivity index (χ0v) is 15.1. The molecule has 3 heteroatoms. The highest BCUT2D eigenvalue weighted by molar-refractivity contribution is 5.68. The molecule has 1 aromatic carbocycles. The summed E-state index contributed by atoms with van der Waals surface area (Å²) in [7, 11) is 1.46. The van der Waals surface area contributed by atoms with Gasteiger partial charge in [0.1, 0.15) is 0 Å². The summed E-state index contributed by atoms with van der Waals surface area (Å²) in [5.41, 5.74) is 2.94. The van der Waals surface area contributed by atoms with E-state index in [-0.39, 0.29) is 11.4 Å². The number of hydrogen-bond donors (Lipinski definition) is 0. The van der Waals surface area contributed by atoms with Crippen LogP contribution in [0.15, 0.2) is 24.3 Å². The van der Waals surface area contributed by atoms with E-state index in [0.717, 1.165) is 31.8 Å². The average molecular weight is 317 g/mol. The van der Waals surface area contributed by atoms with Gasteiger partial charge in [-0.3, -0.25) is 4.79 Å². The lowest BCUT2D eigenvalue weighted by Crippen LogP contribution is -2.33. The second-order valence-electron chi connectivity index (χ2n) is 7.70. The molecule has 23 heavy (non-hydrogen) atoms. The molecule has 0 N–H and O–H groups in total. The number of carbonyl (C=O) groups excluding carboxylic acids is 1. The first kappa shape index (κ1) is 17.8. The summed E-state index contributed by atoms with van der Waals surface area (Å²) in [6, 6.07) is 9.05. The van der Waals surface area contributed by atoms with Crippen LogP contribution in [0.3, 0.4) is 0 Å². The molecule has 2 rings (SSSR count). The van der Waals surface area contributed by atoms with Crippen molar-refractivity contribution in [3.05, 3.63) is 29.8 Å². The fourth-order valence-electron chi connectivity index (χ4n) is 3.29. The van der Waals surface area contributed by atoms with Crippen LogP contribution in [-0.2, 0) is 14.9 Å². The zero-order valence-electron chi connectivity index (χ0n) is 15.1. The number of hydrogen-bond acceptors (Lipinski definition) is 3. The Balaban J connectivity index is 1.79. The Bertz CT molecular complexity index is 493. The van der Waals surface area contributed by atoms with E-state index in [2.05, 4.69) is 49.9 Å². The van der Waals surface area contributed by atoms with Crippen LogP contribution in [0.25, 0.3) is 0 Å². The van der Waals surface area contributed by atoms with Crippen LogP contribution in [0.2, 0.25) is 0 Å². The van der Waals surface area contributed by atoms with E-state index >= 15 is 0 Å². The third-order valence-electron chi connectivity index (χ3n) is 4.93.